The van der Waals surface area contributed by atoms with Crippen LogP contribution < -0.4 is 10.6 Å². The molecule has 2 amide bonds. The van der Waals surface area contributed by atoms with Gasteiger partial charge in [0.25, 0.3) is 11.8 Å². The molecule has 5 heteroatoms. The molecule has 0 aliphatic rings. The average molecular weight is 312 g/mol. The number of rotatable bonds is 6. The van der Waals surface area contributed by atoms with E-state index in [-0.39, 0.29) is 18.4 Å². The number of hydrogen-bond donors (Lipinski definition) is 3. The number of carbonyl (C=O) groups excluding carboxylic acids is 2. The summed E-state index contributed by atoms with van der Waals surface area (Å²) in [5.41, 5.74) is 1.82. The summed E-state index contributed by atoms with van der Waals surface area (Å²) >= 11 is 0. The van der Waals surface area contributed by atoms with Gasteiger partial charge in [-0.05, 0) is 23.8 Å². The molecule has 23 heavy (non-hydrogen) atoms. The van der Waals surface area contributed by atoms with Gasteiger partial charge in [0.15, 0.2) is 0 Å². The Morgan fingerprint density at radius 1 is 1.00 bits per heavy atom. The molecule has 0 saturated carbocycles. The van der Waals surface area contributed by atoms with Gasteiger partial charge in [-0.1, -0.05) is 36.4 Å². The maximum Gasteiger partial charge on any atom is 0.251 e. The van der Waals surface area contributed by atoms with Crippen molar-refractivity contribution < 1.29 is 14.7 Å². The molecule has 0 aliphatic carbocycles. The maximum atomic E-state index is 12.1. The quantitative estimate of drug-likeness (QED) is 0.754. The molecule has 120 valence electrons. The molecular weight excluding hydrogens is 292 g/mol. The molecule has 5 nitrogen and oxygen atoms in total. The molecule has 0 fully saturated rings. The molecule has 1 unspecified atom stereocenters. The topological polar surface area (TPSA) is 78.4 Å². The van der Waals surface area contributed by atoms with Gasteiger partial charge >= 0.3 is 0 Å². The zero-order valence-corrected chi connectivity index (χ0v) is 13.0. The number of aliphatic hydroxyl groups excluding tert-OH is 1. The summed E-state index contributed by atoms with van der Waals surface area (Å²) in [6, 6.07) is 16.0. The number of aliphatic hydroxyl groups is 1. The van der Waals surface area contributed by atoms with Crippen LogP contribution in [0.2, 0.25) is 0 Å². The van der Waals surface area contributed by atoms with Gasteiger partial charge in [0.05, 0.1) is 6.10 Å². The van der Waals surface area contributed by atoms with Crippen LogP contribution in [0.5, 0.6) is 0 Å². The number of carbonyl (C=O) groups is 2. The molecule has 0 aromatic heterocycles. The Kier molecular flexibility index (Phi) is 5.88. The van der Waals surface area contributed by atoms with E-state index >= 15 is 0 Å². The smallest absolute Gasteiger partial charge is 0.251 e. The van der Waals surface area contributed by atoms with Crippen molar-refractivity contribution in [1.29, 1.82) is 0 Å². The molecule has 0 radical (unpaired) electrons. The Bertz CT molecular complexity index is 671. The highest BCUT2D eigenvalue weighted by Crippen LogP contribution is 2.06. The van der Waals surface area contributed by atoms with Crippen LogP contribution in [0.3, 0.4) is 0 Å². The SMILES string of the molecule is CNC(=O)c1cccc(C(=O)NCC(O)Cc2ccccc2)c1. The van der Waals surface area contributed by atoms with Gasteiger partial charge in [-0.2, -0.15) is 0 Å². The van der Waals surface area contributed by atoms with Crippen molar-refractivity contribution in [2.24, 2.45) is 0 Å². The molecule has 0 spiro atoms. The lowest BCUT2D eigenvalue weighted by molar-refractivity contribution is 0.0916. The summed E-state index contributed by atoms with van der Waals surface area (Å²) in [6.45, 7) is 0.151. The predicted octanol–water partition coefficient (Wildman–Crippen LogP) is 1.38. The highest BCUT2D eigenvalue weighted by atomic mass is 16.3. The first-order chi connectivity index (χ1) is 11.1. The Labute approximate surface area is 135 Å². The van der Waals surface area contributed by atoms with Crippen LogP contribution in [-0.4, -0.2) is 36.6 Å². The van der Waals surface area contributed by atoms with Crippen LogP contribution in [0.15, 0.2) is 54.6 Å². The standard InChI is InChI=1S/C18H20N2O3/c1-19-17(22)14-8-5-9-15(11-14)18(23)20-12-16(21)10-13-6-3-2-4-7-13/h2-9,11,16,21H,10,12H2,1H3,(H,19,22)(H,20,23). The van der Waals surface area contributed by atoms with Crippen molar-refractivity contribution in [3.8, 4) is 0 Å². The highest BCUT2D eigenvalue weighted by molar-refractivity contribution is 5.99. The molecule has 2 aromatic rings. The van der Waals surface area contributed by atoms with Crippen molar-refractivity contribution in [3.63, 3.8) is 0 Å². The zero-order chi connectivity index (χ0) is 16.7. The second-order valence-electron chi connectivity index (χ2n) is 5.21. The van der Waals surface area contributed by atoms with Crippen molar-refractivity contribution in [2.45, 2.75) is 12.5 Å². The lowest BCUT2D eigenvalue weighted by Crippen LogP contribution is -2.33. The van der Waals surface area contributed by atoms with Gasteiger partial charge in [0, 0.05) is 31.1 Å². The minimum atomic E-state index is -0.663. The average Bonchev–Trinajstić information content (AvgIpc) is 2.60. The van der Waals surface area contributed by atoms with Crippen LogP contribution in [0, 0.1) is 0 Å². The van der Waals surface area contributed by atoms with E-state index in [1.807, 2.05) is 30.3 Å². The fourth-order valence-corrected chi connectivity index (χ4v) is 2.22. The lowest BCUT2D eigenvalue weighted by Gasteiger charge is -2.12. The van der Waals surface area contributed by atoms with Gasteiger partial charge in [-0.3, -0.25) is 9.59 Å². The summed E-state index contributed by atoms with van der Waals surface area (Å²) in [5.74, 6) is -0.563. The Morgan fingerprint density at radius 2 is 1.65 bits per heavy atom. The van der Waals surface area contributed by atoms with Gasteiger partial charge < -0.3 is 15.7 Å². The van der Waals surface area contributed by atoms with E-state index in [1.165, 1.54) is 13.1 Å². The molecule has 0 bridgehead atoms. The fourth-order valence-electron chi connectivity index (χ4n) is 2.22. The molecular formula is C18H20N2O3. The highest BCUT2D eigenvalue weighted by Gasteiger charge is 2.11. The van der Waals surface area contributed by atoms with E-state index in [0.717, 1.165) is 5.56 Å². The first-order valence-corrected chi connectivity index (χ1v) is 7.42. The second-order valence-corrected chi connectivity index (χ2v) is 5.21. The molecule has 2 aromatic carbocycles. The summed E-state index contributed by atoms with van der Waals surface area (Å²) in [4.78, 5) is 23.7. The minimum absolute atomic E-state index is 0.151. The summed E-state index contributed by atoms with van der Waals surface area (Å²) < 4.78 is 0. The summed E-state index contributed by atoms with van der Waals surface area (Å²) in [7, 11) is 1.54. The minimum Gasteiger partial charge on any atom is -0.391 e. The first-order valence-electron chi connectivity index (χ1n) is 7.42. The molecule has 0 saturated heterocycles. The van der Waals surface area contributed by atoms with Gasteiger partial charge in [0.2, 0.25) is 0 Å². The number of amides is 2. The third-order valence-electron chi connectivity index (χ3n) is 3.43. The zero-order valence-electron chi connectivity index (χ0n) is 13.0. The normalized spacial score (nSPS) is 11.6. The van der Waals surface area contributed by atoms with Crippen molar-refractivity contribution in [3.05, 3.63) is 71.3 Å². The molecule has 1 atom stereocenters. The van der Waals surface area contributed by atoms with Crippen LogP contribution >= 0.6 is 0 Å². The second kappa shape index (κ2) is 8.10. The monoisotopic (exact) mass is 312 g/mol. The third-order valence-corrected chi connectivity index (χ3v) is 3.43. The molecule has 0 heterocycles. The van der Waals surface area contributed by atoms with Crippen LogP contribution in [0.4, 0.5) is 0 Å². The van der Waals surface area contributed by atoms with Crippen LogP contribution in [0.25, 0.3) is 0 Å². The molecule has 3 N–H and O–H groups in total. The van der Waals surface area contributed by atoms with E-state index in [1.54, 1.807) is 18.2 Å². The van der Waals surface area contributed by atoms with Gasteiger partial charge in [-0.15, -0.1) is 0 Å². The maximum absolute atomic E-state index is 12.1. The van der Waals surface area contributed by atoms with Crippen molar-refractivity contribution in [1.82, 2.24) is 10.6 Å². The molecule has 0 aliphatic heterocycles. The summed E-state index contributed by atoms with van der Waals surface area (Å²) in [5, 5.41) is 15.2. The summed E-state index contributed by atoms with van der Waals surface area (Å²) in [6.07, 6.45) is -0.192. The van der Waals surface area contributed by atoms with Crippen LogP contribution in [-0.2, 0) is 6.42 Å². The van der Waals surface area contributed by atoms with Crippen LogP contribution in [0.1, 0.15) is 26.3 Å². The first kappa shape index (κ1) is 16.7. The largest absolute Gasteiger partial charge is 0.391 e. The van der Waals surface area contributed by atoms with E-state index in [9.17, 15) is 14.7 Å². The predicted molar refractivity (Wildman–Crippen MR) is 88.3 cm³/mol. The van der Waals surface area contributed by atoms with Crippen molar-refractivity contribution in [2.75, 3.05) is 13.6 Å². The fraction of sp³-hybridized carbons (Fsp3) is 0.222. The number of nitrogens with one attached hydrogen (secondary N) is 2. The number of benzene rings is 2. The third kappa shape index (κ3) is 4.93. The Hall–Kier alpha value is -2.66. The van der Waals surface area contributed by atoms with Crippen molar-refractivity contribution >= 4 is 11.8 Å². The van der Waals surface area contributed by atoms with Gasteiger partial charge in [-0.25, -0.2) is 0 Å². The van der Waals surface area contributed by atoms with E-state index in [2.05, 4.69) is 10.6 Å². The number of hydrogen-bond acceptors (Lipinski definition) is 3. The Morgan fingerprint density at radius 3 is 2.30 bits per heavy atom. The molecule has 2 rings (SSSR count). The van der Waals surface area contributed by atoms with E-state index in [4.69, 9.17) is 0 Å². The Balaban J connectivity index is 1.90. The lowest BCUT2D eigenvalue weighted by atomic mass is 10.1. The van der Waals surface area contributed by atoms with E-state index < -0.39 is 6.10 Å². The van der Waals surface area contributed by atoms with E-state index in [0.29, 0.717) is 17.5 Å². The van der Waals surface area contributed by atoms with Gasteiger partial charge in [0.1, 0.15) is 0 Å².